The van der Waals surface area contributed by atoms with Crippen LogP contribution >= 0.6 is 15.9 Å². The van der Waals surface area contributed by atoms with E-state index in [1.54, 1.807) is 31.4 Å². The molecule has 0 saturated heterocycles. The van der Waals surface area contributed by atoms with Crippen molar-refractivity contribution in [3.63, 3.8) is 0 Å². The molecule has 0 aliphatic heterocycles. The van der Waals surface area contributed by atoms with E-state index in [-0.39, 0.29) is 5.82 Å². The Morgan fingerprint density at radius 3 is 2.85 bits per heavy atom. The summed E-state index contributed by atoms with van der Waals surface area (Å²) in [6.07, 6.45) is 1.68. The van der Waals surface area contributed by atoms with Crippen molar-refractivity contribution in [1.29, 1.82) is 5.26 Å². The molecule has 0 bridgehead atoms. The van der Waals surface area contributed by atoms with Gasteiger partial charge >= 0.3 is 0 Å². The number of hydrogen-bond acceptors (Lipinski definition) is 4. The van der Waals surface area contributed by atoms with E-state index in [0.29, 0.717) is 40.5 Å². The Labute approximate surface area is 158 Å². The van der Waals surface area contributed by atoms with Crippen LogP contribution in [0, 0.1) is 17.1 Å². The van der Waals surface area contributed by atoms with Crippen LogP contribution in [0.2, 0.25) is 0 Å². The highest BCUT2D eigenvalue weighted by Crippen LogP contribution is 2.35. The standard InChI is InChI=1S/C19H15BrFN3O2/c1-3-26-18-9-14(20)11(7-17(18)25-2)6-12(10-22)19-23-15-5-4-13(21)8-16(15)24-19/h4-9H,3H2,1-2H3,(H,23,24)/b12-6-. The van der Waals surface area contributed by atoms with Crippen molar-refractivity contribution in [2.75, 3.05) is 13.7 Å². The topological polar surface area (TPSA) is 70.9 Å². The van der Waals surface area contributed by atoms with Gasteiger partial charge in [0.05, 0.1) is 30.3 Å². The molecule has 0 fully saturated rings. The Kier molecular flexibility index (Phi) is 5.24. The van der Waals surface area contributed by atoms with Crippen LogP contribution < -0.4 is 9.47 Å². The van der Waals surface area contributed by atoms with Gasteiger partial charge in [0.15, 0.2) is 11.5 Å². The molecule has 132 valence electrons. The molecule has 7 heteroatoms. The summed E-state index contributed by atoms with van der Waals surface area (Å²) in [7, 11) is 1.55. The van der Waals surface area contributed by atoms with Crippen LogP contribution in [0.15, 0.2) is 34.8 Å². The molecule has 2 aromatic carbocycles. The Bertz CT molecular complexity index is 1040. The zero-order valence-corrected chi connectivity index (χ0v) is 15.7. The van der Waals surface area contributed by atoms with E-state index in [0.717, 1.165) is 10.0 Å². The number of H-pyrrole nitrogens is 1. The Hall–Kier alpha value is -2.85. The molecule has 0 aliphatic carbocycles. The number of fused-ring (bicyclic) bond motifs is 1. The first kappa shape index (κ1) is 18.0. The van der Waals surface area contributed by atoms with E-state index >= 15 is 0 Å². The van der Waals surface area contributed by atoms with Crippen LogP contribution in [0.25, 0.3) is 22.7 Å². The maximum absolute atomic E-state index is 13.4. The molecule has 5 nitrogen and oxygen atoms in total. The monoisotopic (exact) mass is 415 g/mol. The lowest BCUT2D eigenvalue weighted by atomic mass is 10.1. The fraction of sp³-hybridized carbons (Fsp3) is 0.158. The number of hydrogen-bond donors (Lipinski definition) is 1. The van der Waals surface area contributed by atoms with Gasteiger partial charge in [-0.05, 0) is 48.9 Å². The van der Waals surface area contributed by atoms with Gasteiger partial charge < -0.3 is 14.5 Å². The van der Waals surface area contributed by atoms with Crippen LogP contribution in [0.3, 0.4) is 0 Å². The molecule has 0 spiro atoms. The van der Waals surface area contributed by atoms with Crippen molar-refractivity contribution >= 4 is 38.6 Å². The lowest BCUT2D eigenvalue weighted by Gasteiger charge is -2.11. The molecule has 0 unspecified atom stereocenters. The second-order valence-corrected chi connectivity index (χ2v) is 6.23. The summed E-state index contributed by atoms with van der Waals surface area (Å²) in [5, 5.41) is 9.55. The highest BCUT2D eigenvalue weighted by molar-refractivity contribution is 9.10. The summed E-state index contributed by atoms with van der Waals surface area (Å²) in [6, 6.07) is 9.93. The summed E-state index contributed by atoms with van der Waals surface area (Å²) >= 11 is 3.49. The van der Waals surface area contributed by atoms with E-state index in [1.165, 1.54) is 12.1 Å². The summed E-state index contributed by atoms with van der Waals surface area (Å²) < 4.78 is 25.0. The van der Waals surface area contributed by atoms with Crippen molar-refractivity contribution in [1.82, 2.24) is 9.97 Å². The minimum Gasteiger partial charge on any atom is -0.493 e. The van der Waals surface area contributed by atoms with Gasteiger partial charge in [-0.25, -0.2) is 9.37 Å². The number of imidazole rings is 1. The first-order chi connectivity index (χ1) is 12.5. The van der Waals surface area contributed by atoms with E-state index in [2.05, 4.69) is 32.0 Å². The second kappa shape index (κ2) is 7.58. The molecule has 1 heterocycles. The predicted octanol–water partition coefficient (Wildman–Crippen LogP) is 4.94. The number of nitrogens with zero attached hydrogens (tertiary/aromatic N) is 2. The third-order valence-corrected chi connectivity index (χ3v) is 4.39. The van der Waals surface area contributed by atoms with Crippen LogP contribution in [-0.2, 0) is 0 Å². The number of methoxy groups -OCH3 is 1. The van der Waals surface area contributed by atoms with Gasteiger partial charge in [-0.3, -0.25) is 0 Å². The number of nitrogens with one attached hydrogen (secondary N) is 1. The first-order valence-electron chi connectivity index (χ1n) is 7.83. The maximum atomic E-state index is 13.4. The highest BCUT2D eigenvalue weighted by Gasteiger charge is 2.13. The number of allylic oxidation sites excluding steroid dienone is 1. The molecule has 0 aliphatic rings. The summed E-state index contributed by atoms with van der Waals surface area (Å²) in [5.74, 6) is 1.17. The quantitative estimate of drug-likeness (QED) is 0.599. The van der Waals surface area contributed by atoms with Crippen LogP contribution in [0.4, 0.5) is 4.39 Å². The van der Waals surface area contributed by atoms with Crippen LogP contribution in [0.1, 0.15) is 18.3 Å². The average molecular weight is 416 g/mol. The van der Waals surface area contributed by atoms with Crippen molar-refractivity contribution < 1.29 is 13.9 Å². The molecule has 1 aromatic heterocycles. The molecule has 0 amide bonds. The average Bonchev–Trinajstić information content (AvgIpc) is 3.04. The number of aromatic nitrogens is 2. The summed E-state index contributed by atoms with van der Waals surface area (Å²) in [5.41, 5.74) is 2.16. The first-order valence-corrected chi connectivity index (χ1v) is 8.62. The zero-order chi connectivity index (χ0) is 18.7. The molecular formula is C19H15BrFN3O2. The van der Waals surface area contributed by atoms with E-state index < -0.39 is 0 Å². The Balaban J connectivity index is 2.07. The molecule has 3 rings (SSSR count). The van der Waals surface area contributed by atoms with Crippen molar-refractivity contribution in [2.24, 2.45) is 0 Å². The molecular weight excluding hydrogens is 401 g/mol. The van der Waals surface area contributed by atoms with Crippen molar-refractivity contribution in [3.8, 4) is 17.6 Å². The van der Waals surface area contributed by atoms with E-state index in [1.807, 2.05) is 6.92 Å². The lowest BCUT2D eigenvalue weighted by Crippen LogP contribution is -1.96. The van der Waals surface area contributed by atoms with Gasteiger partial charge in [0, 0.05) is 4.47 Å². The molecule has 0 saturated carbocycles. The molecule has 3 aromatic rings. The Morgan fingerprint density at radius 2 is 2.15 bits per heavy atom. The van der Waals surface area contributed by atoms with Gasteiger partial charge in [-0.15, -0.1) is 0 Å². The fourth-order valence-electron chi connectivity index (χ4n) is 2.51. The van der Waals surface area contributed by atoms with Crippen molar-refractivity contribution in [3.05, 3.63) is 52.0 Å². The third kappa shape index (κ3) is 3.55. The van der Waals surface area contributed by atoms with Gasteiger partial charge in [-0.1, -0.05) is 15.9 Å². The van der Waals surface area contributed by atoms with E-state index in [4.69, 9.17) is 9.47 Å². The number of nitriles is 1. The number of rotatable bonds is 5. The molecule has 26 heavy (non-hydrogen) atoms. The lowest BCUT2D eigenvalue weighted by molar-refractivity contribution is 0.310. The summed E-state index contributed by atoms with van der Waals surface area (Å²) in [4.78, 5) is 7.33. The third-order valence-electron chi connectivity index (χ3n) is 3.70. The van der Waals surface area contributed by atoms with Gasteiger partial charge in [0.1, 0.15) is 17.7 Å². The van der Waals surface area contributed by atoms with Gasteiger partial charge in [0.25, 0.3) is 0 Å². The summed E-state index contributed by atoms with van der Waals surface area (Å²) in [6.45, 7) is 2.40. The predicted molar refractivity (Wildman–Crippen MR) is 101 cm³/mol. The largest absolute Gasteiger partial charge is 0.493 e. The van der Waals surface area contributed by atoms with Gasteiger partial charge in [0.2, 0.25) is 0 Å². The van der Waals surface area contributed by atoms with E-state index in [9.17, 15) is 9.65 Å². The van der Waals surface area contributed by atoms with Gasteiger partial charge in [-0.2, -0.15) is 5.26 Å². The molecule has 0 atom stereocenters. The minimum atomic E-state index is -0.366. The number of aromatic amines is 1. The molecule has 0 radical (unpaired) electrons. The van der Waals surface area contributed by atoms with Crippen LogP contribution in [-0.4, -0.2) is 23.7 Å². The normalized spacial score (nSPS) is 11.4. The maximum Gasteiger partial charge on any atom is 0.162 e. The van der Waals surface area contributed by atoms with Crippen LogP contribution in [0.5, 0.6) is 11.5 Å². The van der Waals surface area contributed by atoms with Crippen molar-refractivity contribution in [2.45, 2.75) is 6.92 Å². The second-order valence-electron chi connectivity index (χ2n) is 5.37. The number of halogens is 2. The smallest absolute Gasteiger partial charge is 0.162 e. The minimum absolute atomic E-state index is 0.313. The number of ether oxygens (including phenoxy) is 2. The fourth-order valence-corrected chi connectivity index (χ4v) is 2.94. The highest BCUT2D eigenvalue weighted by atomic mass is 79.9. The molecule has 1 N–H and O–H groups in total. The number of benzene rings is 2. The zero-order valence-electron chi connectivity index (χ0n) is 14.1. The SMILES string of the molecule is CCOc1cc(Br)c(/C=C(/C#N)c2nc3ccc(F)cc3[nH]2)cc1OC. The Morgan fingerprint density at radius 1 is 1.35 bits per heavy atom.